The van der Waals surface area contributed by atoms with Crippen LogP contribution in [0.1, 0.15) is 38.5 Å². The fraction of sp³-hybridized carbons (Fsp3) is 0.857. The summed E-state index contributed by atoms with van der Waals surface area (Å²) in [6, 6.07) is 0.269. The van der Waals surface area contributed by atoms with Gasteiger partial charge in [-0.05, 0) is 37.5 Å². The van der Waals surface area contributed by atoms with E-state index in [4.69, 9.17) is 5.11 Å². The number of carbonyl (C=O) groups is 2. The van der Waals surface area contributed by atoms with E-state index in [1.807, 2.05) is 0 Å². The fourth-order valence-corrected chi connectivity index (χ4v) is 3.95. The molecule has 1 heterocycles. The molecule has 2 atom stereocenters. The van der Waals surface area contributed by atoms with Crippen molar-refractivity contribution in [2.75, 3.05) is 13.1 Å². The van der Waals surface area contributed by atoms with E-state index in [0.717, 1.165) is 12.3 Å². The monoisotopic (exact) mass is 266 g/mol. The van der Waals surface area contributed by atoms with Crippen molar-refractivity contribution in [2.24, 2.45) is 17.8 Å². The quantitative estimate of drug-likeness (QED) is 0.799. The van der Waals surface area contributed by atoms with Gasteiger partial charge in [0.05, 0.1) is 5.92 Å². The van der Waals surface area contributed by atoms with Crippen LogP contribution in [0, 0.1) is 17.8 Å². The summed E-state index contributed by atoms with van der Waals surface area (Å²) < 4.78 is 0. The first-order valence-electron chi connectivity index (χ1n) is 7.41. The maximum atomic E-state index is 12.2. The number of likely N-dealkylation sites (tertiary alicyclic amines) is 1. The van der Waals surface area contributed by atoms with Crippen LogP contribution in [0.25, 0.3) is 0 Å². The minimum absolute atomic E-state index is 0.0544. The molecule has 1 saturated heterocycles. The molecule has 0 radical (unpaired) electrons. The number of rotatable bonds is 2. The van der Waals surface area contributed by atoms with Crippen LogP contribution in [0.2, 0.25) is 0 Å². The Bertz CT molecular complexity index is 377. The second kappa shape index (κ2) is 5.02. The lowest BCUT2D eigenvalue weighted by Gasteiger charge is -2.43. The number of aliphatic carboxylic acids is 1. The zero-order valence-electron chi connectivity index (χ0n) is 11.2. The summed E-state index contributed by atoms with van der Waals surface area (Å²) in [7, 11) is 0. The number of urea groups is 1. The van der Waals surface area contributed by atoms with E-state index in [0.29, 0.717) is 31.5 Å². The van der Waals surface area contributed by atoms with E-state index in [1.54, 1.807) is 4.90 Å². The number of fused-ring (bicyclic) bond motifs is 3. The van der Waals surface area contributed by atoms with E-state index in [1.165, 1.54) is 25.7 Å². The Morgan fingerprint density at radius 2 is 1.84 bits per heavy atom. The number of nitrogens with zero attached hydrogens (tertiary/aromatic N) is 1. The largest absolute Gasteiger partial charge is 0.481 e. The van der Waals surface area contributed by atoms with Gasteiger partial charge in [-0.1, -0.05) is 12.8 Å². The lowest BCUT2D eigenvalue weighted by Crippen LogP contribution is -2.51. The lowest BCUT2D eigenvalue weighted by molar-refractivity contribution is -0.141. The van der Waals surface area contributed by atoms with Crippen LogP contribution >= 0.6 is 0 Å². The van der Waals surface area contributed by atoms with E-state index >= 15 is 0 Å². The van der Waals surface area contributed by atoms with Gasteiger partial charge in [0.2, 0.25) is 0 Å². The summed E-state index contributed by atoms with van der Waals surface area (Å²) in [6.07, 6.45) is 6.83. The van der Waals surface area contributed by atoms with Gasteiger partial charge in [0, 0.05) is 19.1 Å². The van der Waals surface area contributed by atoms with Gasteiger partial charge < -0.3 is 15.3 Å². The average Bonchev–Trinajstić information content (AvgIpc) is 2.90. The van der Waals surface area contributed by atoms with Gasteiger partial charge in [-0.3, -0.25) is 4.79 Å². The Labute approximate surface area is 113 Å². The van der Waals surface area contributed by atoms with E-state index in [2.05, 4.69) is 5.32 Å². The summed E-state index contributed by atoms with van der Waals surface area (Å²) in [5, 5.41) is 12.1. The molecule has 0 aromatic rings. The molecule has 2 N–H and O–H groups in total. The van der Waals surface area contributed by atoms with Crippen LogP contribution in [0.3, 0.4) is 0 Å². The average molecular weight is 266 g/mol. The summed E-state index contributed by atoms with van der Waals surface area (Å²) >= 11 is 0. The second-order valence-corrected chi connectivity index (χ2v) is 6.34. The first-order chi connectivity index (χ1) is 9.13. The van der Waals surface area contributed by atoms with Crippen LogP contribution in [-0.4, -0.2) is 41.1 Å². The summed E-state index contributed by atoms with van der Waals surface area (Å²) in [5.74, 6) is 0.271. The highest BCUT2D eigenvalue weighted by Gasteiger charge is 2.38. The van der Waals surface area contributed by atoms with Gasteiger partial charge in [0.1, 0.15) is 0 Å². The number of nitrogens with one attached hydrogen (secondary N) is 1. The summed E-state index contributed by atoms with van der Waals surface area (Å²) in [6.45, 7) is 0.936. The maximum Gasteiger partial charge on any atom is 0.317 e. The van der Waals surface area contributed by atoms with Crippen molar-refractivity contribution in [1.29, 1.82) is 0 Å². The van der Waals surface area contributed by atoms with Gasteiger partial charge in [-0.25, -0.2) is 4.79 Å². The number of carboxylic acids is 1. The molecule has 2 unspecified atom stereocenters. The Morgan fingerprint density at radius 1 is 1.11 bits per heavy atom. The topological polar surface area (TPSA) is 69.6 Å². The molecule has 2 amide bonds. The van der Waals surface area contributed by atoms with Gasteiger partial charge >= 0.3 is 12.0 Å². The standard InChI is InChI=1S/C14H22N2O3/c17-13(18)11-5-6-16(8-11)14(19)15-12-7-9-1-3-10(12)4-2-9/h9-12H,1-8H2,(H,15,19)(H,17,18). The molecule has 4 rings (SSSR count). The third-order valence-electron chi connectivity index (χ3n) is 5.18. The first kappa shape index (κ1) is 12.8. The summed E-state index contributed by atoms with van der Waals surface area (Å²) in [4.78, 5) is 24.8. The SMILES string of the molecule is O=C(O)C1CCN(C(=O)NC2CC3CCC2CC3)C1. The second-order valence-electron chi connectivity index (χ2n) is 6.34. The molecular weight excluding hydrogens is 244 g/mol. The third kappa shape index (κ3) is 2.55. The van der Waals surface area contributed by atoms with Gasteiger partial charge in [0.25, 0.3) is 0 Å². The van der Waals surface area contributed by atoms with E-state index < -0.39 is 5.97 Å². The molecule has 1 aliphatic heterocycles. The molecule has 4 fully saturated rings. The molecule has 5 heteroatoms. The molecule has 19 heavy (non-hydrogen) atoms. The normalized spacial score (nSPS) is 37.4. The van der Waals surface area contributed by atoms with Gasteiger partial charge in [0.15, 0.2) is 0 Å². The molecule has 3 saturated carbocycles. The molecule has 106 valence electrons. The molecule has 5 nitrogen and oxygen atoms in total. The number of amides is 2. The number of carboxylic acid groups (broad SMARTS) is 1. The van der Waals surface area contributed by atoms with Crippen molar-refractivity contribution >= 4 is 12.0 Å². The zero-order chi connectivity index (χ0) is 13.4. The predicted octanol–water partition coefficient (Wildman–Crippen LogP) is 1.68. The molecular formula is C14H22N2O3. The Hall–Kier alpha value is -1.26. The number of carbonyl (C=O) groups excluding carboxylic acids is 1. The molecule has 0 spiro atoms. The van der Waals surface area contributed by atoms with Crippen molar-refractivity contribution in [2.45, 2.75) is 44.6 Å². The van der Waals surface area contributed by atoms with E-state index in [-0.39, 0.29) is 11.9 Å². The van der Waals surface area contributed by atoms with E-state index in [9.17, 15) is 9.59 Å². The van der Waals surface area contributed by atoms with Crippen LogP contribution in [0.4, 0.5) is 4.79 Å². The van der Waals surface area contributed by atoms with Gasteiger partial charge in [-0.15, -0.1) is 0 Å². The molecule has 3 aliphatic carbocycles. The van der Waals surface area contributed by atoms with Crippen molar-refractivity contribution in [1.82, 2.24) is 10.2 Å². The summed E-state index contributed by atoms with van der Waals surface area (Å²) in [5.41, 5.74) is 0. The molecule has 4 aliphatic rings. The smallest absolute Gasteiger partial charge is 0.317 e. The van der Waals surface area contributed by atoms with Crippen molar-refractivity contribution in [3.8, 4) is 0 Å². The van der Waals surface area contributed by atoms with Crippen molar-refractivity contribution in [3.05, 3.63) is 0 Å². The third-order valence-corrected chi connectivity index (χ3v) is 5.18. The van der Waals surface area contributed by atoms with Crippen molar-refractivity contribution < 1.29 is 14.7 Å². The van der Waals surface area contributed by atoms with Crippen LogP contribution in [-0.2, 0) is 4.79 Å². The highest BCUT2D eigenvalue weighted by Crippen LogP contribution is 2.41. The number of hydrogen-bond donors (Lipinski definition) is 2. The highest BCUT2D eigenvalue weighted by atomic mass is 16.4. The molecule has 0 aromatic carbocycles. The predicted molar refractivity (Wildman–Crippen MR) is 69.7 cm³/mol. The van der Waals surface area contributed by atoms with Gasteiger partial charge in [-0.2, -0.15) is 0 Å². The minimum atomic E-state index is -0.785. The first-order valence-corrected chi connectivity index (χ1v) is 7.41. The van der Waals surface area contributed by atoms with Crippen LogP contribution in [0.15, 0.2) is 0 Å². The highest BCUT2D eigenvalue weighted by molar-refractivity contribution is 5.77. The Balaban J connectivity index is 1.53. The maximum absolute atomic E-state index is 12.2. The van der Waals surface area contributed by atoms with Crippen LogP contribution in [0.5, 0.6) is 0 Å². The molecule has 0 aromatic heterocycles. The zero-order valence-corrected chi connectivity index (χ0v) is 11.2. The Morgan fingerprint density at radius 3 is 2.37 bits per heavy atom. The molecule has 2 bridgehead atoms. The Kier molecular flexibility index (Phi) is 3.37. The lowest BCUT2D eigenvalue weighted by atomic mass is 9.68. The van der Waals surface area contributed by atoms with Crippen LogP contribution < -0.4 is 5.32 Å². The van der Waals surface area contributed by atoms with Crippen molar-refractivity contribution in [3.63, 3.8) is 0 Å². The minimum Gasteiger partial charge on any atom is -0.481 e. The fourth-order valence-electron chi connectivity index (χ4n) is 3.95. The number of hydrogen-bond acceptors (Lipinski definition) is 2.